The maximum absolute atomic E-state index is 12.3. The van der Waals surface area contributed by atoms with Crippen molar-refractivity contribution >= 4 is 18.5 Å². The molecule has 2 aromatic rings. The van der Waals surface area contributed by atoms with Crippen molar-refractivity contribution < 1.29 is 29.0 Å². The Kier molecular flexibility index (Phi) is 13.4. The second kappa shape index (κ2) is 15.7. The second-order valence-electron chi connectivity index (χ2n) is 9.36. The molecule has 0 radical (unpaired) electrons. The molecule has 204 valence electrons. The van der Waals surface area contributed by atoms with E-state index in [0.29, 0.717) is 13.2 Å². The summed E-state index contributed by atoms with van der Waals surface area (Å²) in [5.41, 5.74) is 4.03. The van der Waals surface area contributed by atoms with Gasteiger partial charge in [0, 0.05) is 12.5 Å². The van der Waals surface area contributed by atoms with Gasteiger partial charge in [-0.15, -0.1) is 0 Å². The SMILES string of the molecule is CC.CC(C)C.CC1(C)OCCN1C(=O)CNC(=O)OCC1c2ccccc2-c2ccccc21.O=CO. The standard InChI is InChI=1S/C22H24N2O4.C4H10.C2H6.CH2O2/c1-22(2)24(11-12-28-22)20(25)13-23-21(26)27-14-19-17-9-5-3-7-15(17)16-8-4-6-10-18(16)19;1-4(2)3;1-2;2-1-3/h3-10,19H,11-14H2,1-2H3,(H,23,26);4H,1-3H3;1-2H3;1H,(H,2,3). The molecule has 0 aromatic heterocycles. The zero-order chi connectivity index (χ0) is 28.0. The molecule has 1 heterocycles. The molecule has 2 aromatic carbocycles. The Morgan fingerprint density at radius 3 is 1.97 bits per heavy atom. The predicted octanol–water partition coefficient (Wildman–Crippen LogP) is 5.51. The minimum absolute atomic E-state index is 0.000216. The molecule has 0 bridgehead atoms. The monoisotopic (exact) mass is 514 g/mol. The van der Waals surface area contributed by atoms with Gasteiger partial charge in [-0.1, -0.05) is 83.1 Å². The molecule has 0 spiro atoms. The van der Waals surface area contributed by atoms with Gasteiger partial charge in [-0.25, -0.2) is 4.79 Å². The third-order valence-corrected chi connectivity index (χ3v) is 5.45. The zero-order valence-corrected chi connectivity index (χ0v) is 23.1. The number of nitrogens with one attached hydrogen (secondary N) is 1. The summed E-state index contributed by atoms with van der Waals surface area (Å²) in [5, 5.41) is 9.45. The number of carbonyl (C=O) groups excluding carboxylic acids is 2. The summed E-state index contributed by atoms with van der Waals surface area (Å²) in [4.78, 5) is 34.5. The van der Waals surface area contributed by atoms with Crippen molar-refractivity contribution in [3.8, 4) is 11.1 Å². The van der Waals surface area contributed by atoms with E-state index in [1.54, 1.807) is 4.90 Å². The normalized spacial score (nSPS) is 14.4. The van der Waals surface area contributed by atoms with Crippen LogP contribution in [0, 0.1) is 5.92 Å². The summed E-state index contributed by atoms with van der Waals surface area (Å²) in [5.74, 6) is 0.649. The van der Waals surface area contributed by atoms with Crippen molar-refractivity contribution in [1.82, 2.24) is 10.2 Å². The molecule has 8 nitrogen and oxygen atoms in total. The number of amides is 2. The highest BCUT2D eigenvalue weighted by atomic mass is 16.5. The van der Waals surface area contributed by atoms with Crippen LogP contribution in [0.5, 0.6) is 0 Å². The van der Waals surface area contributed by atoms with Crippen LogP contribution in [0.4, 0.5) is 4.79 Å². The van der Waals surface area contributed by atoms with E-state index in [4.69, 9.17) is 19.4 Å². The molecule has 8 heteroatoms. The van der Waals surface area contributed by atoms with Crippen molar-refractivity contribution in [3.05, 3.63) is 59.7 Å². The molecule has 1 aliphatic heterocycles. The Bertz CT molecular complexity index is 957. The summed E-state index contributed by atoms with van der Waals surface area (Å²) >= 11 is 0. The van der Waals surface area contributed by atoms with Crippen LogP contribution in [-0.4, -0.2) is 60.5 Å². The lowest BCUT2D eigenvalue weighted by molar-refractivity contribution is -0.142. The number of rotatable bonds is 4. The Morgan fingerprint density at radius 1 is 1.08 bits per heavy atom. The first-order valence-corrected chi connectivity index (χ1v) is 12.7. The molecular formula is C29H42N2O6. The van der Waals surface area contributed by atoms with Gasteiger partial charge in [0.15, 0.2) is 0 Å². The van der Waals surface area contributed by atoms with E-state index < -0.39 is 11.8 Å². The predicted molar refractivity (Wildman–Crippen MR) is 145 cm³/mol. The lowest BCUT2D eigenvalue weighted by Gasteiger charge is -2.29. The summed E-state index contributed by atoms with van der Waals surface area (Å²) in [6, 6.07) is 16.3. The minimum Gasteiger partial charge on any atom is -0.483 e. The third-order valence-electron chi connectivity index (χ3n) is 5.45. The van der Waals surface area contributed by atoms with Gasteiger partial charge in [0.2, 0.25) is 5.91 Å². The van der Waals surface area contributed by atoms with E-state index in [9.17, 15) is 9.59 Å². The van der Waals surface area contributed by atoms with Crippen LogP contribution in [0.2, 0.25) is 0 Å². The van der Waals surface area contributed by atoms with Crippen molar-refractivity contribution in [1.29, 1.82) is 0 Å². The van der Waals surface area contributed by atoms with Gasteiger partial charge in [-0.2, -0.15) is 0 Å². The van der Waals surface area contributed by atoms with E-state index >= 15 is 0 Å². The summed E-state index contributed by atoms with van der Waals surface area (Å²) in [6.45, 7) is 15.1. The van der Waals surface area contributed by atoms with Crippen LogP contribution in [0.1, 0.15) is 65.5 Å². The quantitative estimate of drug-likeness (QED) is 0.521. The highest BCUT2D eigenvalue weighted by molar-refractivity contribution is 5.83. The third kappa shape index (κ3) is 9.21. The number of hydrogen-bond donors (Lipinski definition) is 2. The first kappa shape index (κ1) is 31.6. The molecule has 0 atom stereocenters. The Morgan fingerprint density at radius 2 is 1.54 bits per heavy atom. The first-order valence-electron chi connectivity index (χ1n) is 12.7. The highest BCUT2D eigenvalue weighted by Crippen LogP contribution is 2.44. The van der Waals surface area contributed by atoms with Crippen molar-refractivity contribution in [3.63, 3.8) is 0 Å². The van der Waals surface area contributed by atoms with Gasteiger partial charge in [-0.3, -0.25) is 9.59 Å². The van der Waals surface area contributed by atoms with Crippen molar-refractivity contribution in [2.75, 3.05) is 26.3 Å². The van der Waals surface area contributed by atoms with Crippen LogP contribution in [0.3, 0.4) is 0 Å². The topological polar surface area (TPSA) is 105 Å². The molecule has 4 rings (SSSR count). The fourth-order valence-electron chi connectivity index (χ4n) is 4.05. The maximum Gasteiger partial charge on any atom is 0.407 e. The Labute approximate surface area is 221 Å². The first-order chi connectivity index (χ1) is 17.6. The van der Waals surface area contributed by atoms with E-state index in [1.165, 1.54) is 11.1 Å². The number of ether oxygens (including phenoxy) is 2. The van der Waals surface area contributed by atoms with E-state index in [1.807, 2.05) is 52.0 Å². The van der Waals surface area contributed by atoms with Gasteiger partial charge >= 0.3 is 6.09 Å². The summed E-state index contributed by atoms with van der Waals surface area (Å²) in [6.07, 6.45) is -0.590. The Balaban J connectivity index is 0.000000670. The van der Waals surface area contributed by atoms with E-state index in [2.05, 4.69) is 50.4 Å². The maximum atomic E-state index is 12.3. The lowest BCUT2D eigenvalue weighted by Crippen LogP contribution is -2.48. The second-order valence-corrected chi connectivity index (χ2v) is 9.36. The fourth-order valence-corrected chi connectivity index (χ4v) is 4.05. The van der Waals surface area contributed by atoms with E-state index in [-0.39, 0.29) is 31.4 Å². The molecule has 0 unspecified atom stereocenters. The number of carbonyl (C=O) groups is 3. The highest BCUT2D eigenvalue weighted by Gasteiger charge is 2.36. The molecule has 2 N–H and O–H groups in total. The summed E-state index contributed by atoms with van der Waals surface area (Å²) in [7, 11) is 0. The molecule has 37 heavy (non-hydrogen) atoms. The van der Waals surface area contributed by atoms with Gasteiger partial charge in [-0.05, 0) is 42.0 Å². The molecule has 1 aliphatic carbocycles. The van der Waals surface area contributed by atoms with Crippen LogP contribution in [-0.2, 0) is 19.1 Å². The molecular weight excluding hydrogens is 472 g/mol. The molecule has 1 fully saturated rings. The molecule has 2 amide bonds. The smallest absolute Gasteiger partial charge is 0.407 e. The largest absolute Gasteiger partial charge is 0.483 e. The number of nitrogens with zero attached hydrogens (tertiary/aromatic N) is 1. The van der Waals surface area contributed by atoms with Crippen LogP contribution in [0.15, 0.2) is 48.5 Å². The van der Waals surface area contributed by atoms with E-state index in [0.717, 1.165) is 17.0 Å². The molecule has 1 saturated heterocycles. The van der Waals surface area contributed by atoms with Gasteiger partial charge in [0.05, 0.1) is 6.61 Å². The number of carboxylic acid groups (broad SMARTS) is 1. The Hall–Kier alpha value is -3.39. The van der Waals surface area contributed by atoms with Crippen molar-refractivity contribution in [2.45, 2.75) is 60.1 Å². The number of alkyl carbamates (subject to hydrolysis) is 1. The van der Waals surface area contributed by atoms with Crippen LogP contribution < -0.4 is 5.32 Å². The number of fused-ring (bicyclic) bond motifs is 3. The fraction of sp³-hybridized carbons (Fsp3) is 0.483. The van der Waals surface area contributed by atoms with Crippen LogP contribution >= 0.6 is 0 Å². The van der Waals surface area contributed by atoms with Crippen LogP contribution in [0.25, 0.3) is 11.1 Å². The lowest BCUT2D eigenvalue weighted by atomic mass is 9.98. The molecule has 2 aliphatic rings. The zero-order valence-electron chi connectivity index (χ0n) is 23.1. The average molecular weight is 515 g/mol. The summed E-state index contributed by atoms with van der Waals surface area (Å²) < 4.78 is 11.0. The van der Waals surface area contributed by atoms with Gasteiger partial charge < -0.3 is 24.8 Å². The number of benzene rings is 2. The number of hydrogen-bond acceptors (Lipinski definition) is 5. The average Bonchev–Trinajstić information content (AvgIpc) is 3.39. The van der Waals surface area contributed by atoms with Crippen molar-refractivity contribution in [2.24, 2.45) is 5.92 Å². The van der Waals surface area contributed by atoms with Gasteiger partial charge in [0.25, 0.3) is 6.47 Å². The molecule has 0 saturated carbocycles. The minimum atomic E-state index is -0.639. The van der Waals surface area contributed by atoms with Gasteiger partial charge in [0.1, 0.15) is 18.9 Å².